The molecular formula is C16H20BrNO2S. The summed E-state index contributed by atoms with van der Waals surface area (Å²) in [6.07, 6.45) is 3.19. The Morgan fingerprint density at radius 1 is 1.33 bits per heavy atom. The molecular weight excluding hydrogens is 350 g/mol. The number of thioether (sulfide) groups is 1. The van der Waals surface area contributed by atoms with Crippen molar-refractivity contribution < 1.29 is 31.1 Å². The van der Waals surface area contributed by atoms with E-state index in [9.17, 15) is 4.79 Å². The molecule has 3 rings (SSSR count). The minimum Gasteiger partial charge on any atom is -1.00 e. The highest BCUT2D eigenvalue weighted by molar-refractivity contribution is 8.14. The Morgan fingerprint density at radius 2 is 2.10 bits per heavy atom. The van der Waals surface area contributed by atoms with Crippen LogP contribution in [0.25, 0.3) is 0 Å². The maximum atomic E-state index is 11.8. The highest BCUT2D eigenvalue weighted by Gasteiger charge is 2.36. The van der Waals surface area contributed by atoms with Gasteiger partial charge in [0.2, 0.25) is 5.04 Å². The topological polar surface area (TPSA) is 29.3 Å². The molecule has 1 fully saturated rings. The van der Waals surface area contributed by atoms with Gasteiger partial charge in [-0.05, 0) is 18.7 Å². The van der Waals surface area contributed by atoms with Crippen LogP contribution >= 0.6 is 11.8 Å². The van der Waals surface area contributed by atoms with E-state index in [-0.39, 0.29) is 34.3 Å². The Balaban J connectivity index is 0.00000161. The lowest BCUT2D eigenvalue weighted by molar-refractivity contribution is -0.533. The molecule has 0 bridgehead atoms. The van der Waals surface area contributed by atoms with Gasteiger partial charge in [-0.3, -0.25) is 4.79 Å². The van der Waals surface area contributed by atoms with E-state index in [0.29, 0.717) is 0 Å². The second-order valence-electron chi connectivity index (χ2n) is 5.49. The van der Waals surface area contributed by atoms with Crippen LogP contribution in [-0.2, 0) is 16.1 Å². The highest BCUT2D eigenvalue weighted by Crippen LogP contribution is 2.30. The number of carbonyl (C=O) groups is 1. The molecule has 5 heteroatoms. The Kier molecular flexibility index (Phi) is 5.88. The third-order valence-corrected chi connectivity index (χ3v) is 5.20. The van der Waals surface area contributed by atoms with Gasteiger partial charge in [-0.15, -0.1) is 0 Å². The van der Waals surface area contributed by atoms with Gasteiger partial charge in [0.15, 0.2) is 6.54 Å². The molecule has 3 nitrogen and oxygen atoms in total. The molecule has 0 spiro atoms. The summed E-state index contributed by atoms with van der Waals surface area (Å²) in [5.41, 5.74) is 1.33. The summed E-state index contributed by atoms with van der Waals surface area (Å²) in [6.45, 7) is 4.01. The molecule has 0 aliphatic carbocycles. The first kappa shape index (κ1) is 16.6. The van der Waals surface area contributed by atoms with E-state index < -0.39 is 0 Å². The molecule has 2 unspecified atom stereocenters. The fourth-order valence-corrected chi connectivity index (χ4v) is 4.20. The van der Waals surface area contributed by atoms with Crippen LogP contribution in [0.2, 0.25) is 0 Å². The maximum Gasteiger partial charge on any atom is 0.320 e. The first-order valence-corrected chi connectivity index (χ1v) is 8.12. The summed E-state index contributed by atoms with van der Waals surface area (Å²) >= 11 is 1.72. The van der Waals surface area contributed by atoms with E-state index >= 15 is 0 Å². The van der Waals surface area contributed by atoms with Crippen LogP contribution in [-0.4, -0.2) is 33.5 Å². The Hall–Kier alpha value is -0.810. The second kappa shape index (κ2) is 7.45. The molecule has 114 valence electrons. The van der Waals surface area contributed by atoms with Crippen molar-refractivity contribution in [1.82, 2.24) is 0 Å². The molecule has 0 aromatic heterocycles. The summed E-state index contributed by atoms with van der Waals surface area (Å²) in [5.74, 6) is -0.0402. The van der Waals surface area contributed by atoms with Crippen molar-refractivity contribution >= 4 is 22.8 Å². The number of esters is 1. The van der Waals surface area contributed by atoms with Crippen molar-refractivity contribution in [1.29, 1.82) is 0 Å². The van der Waals surface area contributed by atoms with Crippen molar-refractivity contribution in [2.75, 3.05) is 6.54 Å². The summed E-state index contributed by atoms with van der Waals surface area (Å²) in [4.78, 5) is 11.8. The monoisotopic (exact) mass is 369 g/mol. The van der Waals surface area contributed by atoms with Crippen molar-refractivity contribution in [3.05, 3.63) is 35.9 Å². The van der Waals surface area contributed by atoms with Crippen LogP contribution in [0.1, 0.15) is 31.7 Å². The zero-order chi connectivity index (χ0) is 13.9. The summed E-state index contributed by atoms with van der Waals surface area (Å²) in [7, 11) is 0. The summed E-state index contributed by atoms with van der Waals surface area (Å²) < 4.78 is 7.66. The second-order valence-corrected chi connectivity index (χ2v) is 6.77. The standard InChI is InChI=1S/C16H20NO2S.BrH/c1-12-10-14(16(18)19-12)20-15-8-5-9-17(15)11-13-6-3-2-4-7-13;/h2-4,6-7,12,14H,5,8-11H2,1H3;1H/q+1;/p-1. The fraction of sp³-hybridized carbons (Fsp3) is 0.500. The Morgan fingerprint density at radius 3 is 2.76 bits per heavy atom. The van der Waals surface area contributed by atoms with E-state index in [4.69, 9.17) is 4.74 Å². The predicted molar refractivity (Wildman–Crippen MR) is 81.1 cm³/mol. The molecule has 0 saturated carbocycles. The Bertz CT molecular complexity index is 532. The van der Waals surface area contributed by atoms with Crippen LogP contribution < -0.4 is 17.0 Å². The van der Waals surface area contributed by atoms with E-state index in [1.807, 2.05) is 13.0 Å². The number of halogens is 1. The van der Waals surface area contributed by atoms with Crippen molar-refractivity contribution in [2.45, 2.75) is 44.1 Å². The lowest BCUT2D eigenvalue weighted by atomic mass is 10.2. The number of hydrogen-bond acceptors (Lipinski definition) is 3. The van der Waals surface area contributed by atoms with Crippen LogP contribution in [0.15, 0.2) is 30.3 Å². The number of rotatable bonds is 3. The number of nitrogens with zero attached hydrogens (tertiary/aromatic N) is 1. The average Bonchev–Trinajstić information content (AvgIpc) is 2.99. The van der Waals surface area contributed by atoms with Gasteiger partial charge in [0.05, 0.1) is 0 Å². The van der Waals surface area contributed by atoms with Gasteiger partial charge >= 0.3 is 5.97 Å². The highest BCUT2D eigenvalue weighted by atomic mass is 79.9. The molecule has 0 N–H and O–H groups in total. The van der Waals surface area contributed by atoms with Crippen LogP contribution in [0.4, 0.5) is 0 Å². The minimum atomic E-state index is -0.0402. The molecule has 0 radical (unpaired) electrons. The van der Waals surface area contributed by atoms with Crippen LogP contribution in [0.5, 0.6) is 0 Å². The normalized spacial score (nSPS) is 24.9. The van der Waals surface area contributed by atoms with Gasteiger partial charge in [-0.25, -0.2) is 4.58 Å². The zero-order valence-electron chi connectivity index (χ0n) is 12.1. The fourth-order valence-electron chi connectivity index (χ4n) is 2.79. The summed E-state index contributed by atoms with van der Waals surface area (Å²) in [6, 6.07) is 10.5. The van der Waals surface area contributed by atoms with Gasteiger partial charge in [0.1, 0.15) is 17.9 Å². The van der Waals surface area contributed by atoms with Crippen molar-refractivity contribution in [2.24, 2.45) is 0 Å². The molecule has 0 amide bonds. The minimum absolute atomic E-state index is 0. The van der Waals surface area contributed by atoms with E-state index in [1.54, 1.807) is 11.8 Å². The van der Waals surface area contributed by atoms with E-state index in [1.165, 1.54) is 17.0 Å². The molecule has 2 atom stereocenters. The van der Waals surface area contributed by atoms with Crippen LogP contribution in [0.3, 0.4) is 0 Å². The predicted octanol–water partition coefficient (Wildman–Crippen LogP) is -0.167. The molecule has 1 aromatic rings. The number of hydrogen-bond donors (Lipinski definition) is 0. The van der Waals surface area contributed by atoms with Gasteiger partial charge in [-0.2, -0.15) is 0 Å². The lowest BCUT2D eigenvalue weighted by Gasteiger charge is -2.05. The molecule has 2 aliphatic rings. The summed E-state index contributed by atoms with van der Waals surface area (Å²) in [5, 5.41) is 1.35. The molecule has 1 saturated heterocycles. The quantitative estimate of drug-likeness (QED) is 0.547. The van der Waals surface area contributed by atoms with E-state index in [2.05, 4.69) is 28.8 Å². The lowest BCUT2D eigenvalue weighted by Crippen LogP contribution is -3.00. The van der Waals surface area contributed by atoms with Crippen LogP contribution in [0, 0.1) is 0 Å². The smallest absolute Gasteiger partial charge is 0.320 e. The number of carbonyl (C=O) groups excluding carboxylic acids is 1. The van der Waals surface area contributed by atoms with Gasteiger partial charge in [0, 0.05) is 24.8 Å². The third kappa shape index (κ3) is 4.10. The Labute approximate surface area is 140 Å². The number of ether oxygens (including phenoxy) is 1. The van der Waals surface area contributed by atoms with Crippen molar-refractivity contribution in [3.63, 3.8) is 0 Å². The average molecular weight is 370 g/mol. The first-order valence-electron chi connectivity index (χ1n) is 7.24. The van der Waals surface area contributed by atoms with E-state index in [0.717, 1.165) is 25.9 Å². The SMILES string of the molecule is CC1CC(SC2=[N+](Cc3ccccc3)CCC2)C(=O)O1.[Br-]. The largest absolute Gasteiger partial charge is 1.00 e. The third-order valence-electron chi connectivity index (χ3n) is 3.79. The van der Waals surface area contributed by atoms with Crippen molar-refractivity contribution in [3.8, 4) is 0 Å². The van der Waals surface area contributed by atoms with Gasteiger partial charge < -0.3 is 21.7 Å². The molecule has 2 heterocycles. The number of cyclic esters (lactones) is 1. The zero-order valence-corrected chi connectivity index (χ0v) is 14.5. The molecule has 1 aromatic carbocycles. The van der Waals surface area contributed by atoms with Gasteiger partial charge in [0.25, 0.3) is 0 Å². The molecule has 21 heavy (non-hydrogen) atoms. The van der Waals surface area contributed by atoms with Gasteiger partial charge in [-0.1, -0.05) is 30.3 Å². The first-order chi connectivity index (χ1) is 9.72. The maximum absolute atomic E-state index is 11.8. The molecule has 2 aliphatic heterocycles. The number of benzene rings is 1.